The highest BCUT2D eigenvalue weighted by atomic mass is 16.2. The van der Waals surface area contributed by atoms with Crippen LogP contribution < -0.4 is 5.43 Å². The molecule has 0 fully saturated rings. The fourth-order valence-electron chi connectivity index (χ4n) is 1.56. The Hall–Kier alpha value is -2.49. The molecule has 0 atom stereocenters. The first-order valence-electron chi connectivity index (χ1n) is 5.98. The van der Waals surface area contributed by atoms with Crippen molar-refractivity contribution in [3.05, 3.63) is 65.0 Å². The fourth-order valence-corrected chi connectivity index (χ4v) is 1.56. The smallest absolute Gasteiger partial charge is 0.267 e. The Morgan fingerprint density at radius 3 is 2.74 bits per heavy atom. The predicted octanol–water partition coefficient (Wildman–Crippen LogP) is 2.46. The lowest BCUT2D eigenvalue weighted by atomic mass is 10.1. The summed E-state index contributed by atoms with van der Waals surface area (Å²) in [6, 6.07) is 11.1. The predicted molar refractivity (Wildman–Crippen MR) is 75.2 cm³/mol. The molecule has 19 heavy (non-hydrogen) atoms. The van der Waals surface area contributed by atoms with Gasteiger partial charge in [-0.3, -0.25) is 9.78 Å². The van der Waals surface area contributed by atoms with Crippen LogP contribution in [0.5, 0.6) is 0 Å². The number of hydrazone groups is 1. The molecule has 2 aromatic rings. The van der Waals surface area contributed by atoms with Crippen LogP contribution in [0.3, 0.4) is 0 Å². The molecule has 1 aromatic carbocycles. The average Bonchev–Trinajstić information content (AvgIpc) is 2.43. The van der Waals surface area contributed by atoms with Crippen molar-refractivity contribution in [2.45, 2.75) is 13.8 Å². The molecule has 0 saturated carbocycles. The number of carbonyl (C=O) groups excluding carboxylic acids is 1. The average molecular weight is 253 g/mol. The van der Waals surface area contributed by atoms with Gasteiger partial charge in [0.2, 0.25) is 0 Å². The highest BCUT2D eigenvalue weighted by molar-refractivity contribution is 5.95. The number of carbonyl (C=O) groups is 1. The molecule has 0 aliphatic carbocycles. The molecule has 1 amide bonds. The Labute approximate surface area is 112 Å². The van der Waals surface area contributed by atoms with Crippen LogP contribution in [-0.2, 0) is 0 Å². The number of pyridine rings is 1. The number of benzene rings is 1. The van der Waals surface area contributed by atoms with Crippen LogP contribution in [0, 0.1) is 13.8 Å². The van der Waals surface area contributed by atoms with Gasteiger partial charge in [0.15, 0.2) is 0 Å². The van der Waals surface area contributed by atoms with E-state index in [1.165, 1.54) is 6.21 Å². The Bertz CT molecular complexity index is 606. The van der Waals surface area contributed by atoms with E-state index in [-0.39, 0.29) is 5.91 Å². The van der Waals surface area contributed by atoms with E-state index in [1.54, 1.807) is 12.3 Å². The standard InChI is InChI=1S/C15H15N3O/c1-11-6-7-13(9-12(11)2)15(19)18-17-10-14-5-3-4-8-16-14/h3-10H,1-2H3,(H,18,19). The summed E-state index contributed by atoms with van der Waals surface area (Å²) >= 11 is 0. The molecule has 96 valence electrons. The van der Waals surface area contributed by atoms with Gasteiger partial charge in [0.25, 0.3) is 5.91 Å². The van der Waals surface area contributed by atoms with Gasteiger partial charge in [-0.05, 0) is 49.2 Å². The zero-order valence-corrected chi connectivity index (χ0v) is 10.9. The molecule has 4 heteroatoms. The molecule has 0 bridgehead atoms. The number of nitrogens with zero attached hydrogens (tertiary/aromatic N) is 2. The van der Waals surface area contributed by atoms with Crippen LogP contribution in [0.2, 0.25) is 0 Å². The number of aryl methyl sites for hydroxylation is 2. The van der Waals surface area contributed by atoms with Crippen LogP contribution >= 0.6 is 0 Å². The number of hydrogen-bond donors (Lipinski definition) is 1. The van der Waals surface area contributed by atoms with Gasteiger partial charge in [0, 0.05) is 11.8 Å². The highest BCUT2D eigenvalue weighted by Gasteiger charge is 2.04. The first-order valence-corrected chi connectivity index (χ1v) is 5.98. The first-order chi connectivity index (χ1) is 9.16. The van der Waals surface area contributed by atoms with Crippen LogP contribution in [-0.4, -0.2) is 17.1 Å². The van der Waals surface area contributed by atoms with Crippen molar-refractivity contribution < 1.29 is 4.79 Å². The van der Waals surface area contributed by atoms with Gasteiger partial charge < -0.3 is 0 Å². The molecule has 0 aliphatic heterocycles. The molecular formula is C15H15N3O. The van der Waals surface area contributed by atoms with Crippen LogP contribution in [0.4, 0.5) is 0 Å². The van der Waals surface area contributed by atoms with Gasteiger partial charge in [0.1, 0.15) is 0 Å². The monoisotopic (exact) mass is 253 g/mol. The van der Waals surface area contributed by atoms with E-state index >= 15 is 0 Å². The van der Waals surface area contributed by atoms with E-state index in [0.29, 0.717) is 11.3 Å². The third-order valence-electron chi connectivity index (χ3n) is 2.82. The minimum Gasteiger partial charge on any atom is -0.267 e. The van der Waals surface area contributed by atoms with Crippen molar-refractivity contribution in [2.75, 3.05) is 0 Å². The molecule has 0 radical (unpaired) electrons. The third kappa shape index (κ3) is 3.48. The number of hydrogen-bond acceptors (Lipinski definition) is 3. The molecule has 2 rings (SSSR count). The summed E-state index contributed by atoms with van der Waals surface area (Å²) in [7, 11) is 0. The Morgan fingerprint density at radius 2 is 2.05 bits per heavy atom. The number of nitrogens with one attached hydrogen (secondary N) is 1. The van der Waals surface area contributed by atoms with E-state index < -0.39 is 0 Å². The maximum Gasteiger partial charge on any atom is 0.271 e. The molecule has 0 unspecified atom stereocenters. The van der Waals surface area contributed by atoms with Gasteiger partial charge in [-0.2, -0.15) is 5.10 Å². The second-order valence-corrected chi connectivity index (χ2v) is 4.25. The van der Waals surface area contributed by atoms with Crippen molar-refractivity contribution in [3.63, 3.8) is 0 Å². The van der Waals surface area contributed by atoms with Crippen molar-refractivity contribution in [1.29, 1.82) is 0 Å². The van der Waals surface area contributed by atoms with Crippen molar-refractivity contribution >= 4 is 12.1 Å². The zero-order chi connectivity index (χ0) is 13.7. The van der Waals surface area contributed by atoms with Crippen molar-refractivity contribution in [3.8, 4) is 0 Å². The lowest BCUT2D eigenvalue weighted by molar-refractivity contribution is 0.0955. The highest BCUT2D eigenvalue weighted by Crippen LogP contribution is 2.09. The van der Waals surface area contributed by atoms with E-state index in [2.05, 4.69) is 15.5 Å². The summed E-state index contributed by atoms with van der Waals surface area (Å²) in [5, 5.41) is 3.88. The molecule has 1 aromatic heterocycles. The SMILES string of the molecule is Cc1ccc(C(=O)NN=Cc2ccccn2)cc1C. The Balaban J connectivity index is 2.01. The summed E-state index contributed by atoms with van der Waals surface area (Å²) in [6.07, 6.45) is 3.19. The summed E-state index contributed by atoms with van der Waals surface area (Å²) in [6.45, 7) is 3.99. The maximum atomic E-state index is 11.9. The van der Waals surface area contributed by atoms with E-state index in [0.717, 1.165) is 11.1 Å². The van der Waals surface area contributed by atoms with Gasteiger partial charge in [-0.25, -0.2) is 5.43 Å². The maximum absolute atomic E-state index is 11.9. The van der Waals surface area contributed by atoms with Crippen LogP contribution in [0.15, 0.2) is 47.7 Å². The van der Waals surface area contributed by atoms with Gasteiger partial charge >= 0.3 is 0 Å². The van der Waals surface area contributed by atoms with Gasteiger partial charge in [-0.1, -0.05) is 12.1 Å². The largest absolute Gasteiger partial charge is 0.271 e. The van der Waals surface area contributed by atoms with Gasteiger partial charge in [0.05, 0.1) is 11.9 Å². The minimum atomic E-state index is -0.227. The van der Waals surface area contributed by atoms with Crippen molar-refractivity contribution in [1.82, 2.24) is 10.4 Å². The quantitative estimate of drug-likeness (QED) is 0.674. The van der Waals surface area contributed by atoms with E-state index in [9.17, 15) is 4.79 Å². The Morgan fingerprint density at radius 1 is 1.21 bits per heavy atom. The second kappa shape index (κ2) is 5.91. The summed E-state index contributed by atoms with van der Waals surface area (Å²) < 4.78 is 0. The molecule has 0 aliphatic rings. The number of rotatable bonds is 3. The summed E-state index contributed by atoms with van der Waals surface area (Å²) in [5.41, 5.74) is 6.03. The summed E-state index contributed by atoms with van der Waals surface area (Å²) in [5.74, 6) is -0.227. The third-order valence-corrected chi connectivity index (χ3v) is 2.82. The molecule has 1 N–H and O–H groups in total. The molecule has 4 nitrogen and oxygen atoms in total. The fraction of sp³-hybridized carbons (Fsp3) is 0.133. The topological polar surface area (TPSA) is 54.4 Å². The molecule has 0 saturated heterocycles. The molecular weight excluding hydrogens is 238 g/mol. The molecule has 0 spiro atoms. The van der Waals surface area contributed by atoms with Gasteiger partial charge in [-0.15, -0.1) is 0 Å². The zero-order valence-electron chi connectivity index (χ0n) is 10.9. The number of aromatic nitrogens is 1. The van der Waals surface area contributed by atoms with Crippen LogP contribution in [0.25, 0.3) is 0 Å². The molecule has 1 heterocycles. The van der Waals surface area contributed by atoms with Crippen LogP contribution in [0.1, 0.15) is 27.2 Å². The lowest BCUT2D eigenvalue weighted by Gasteiger charge is -2.03. The Kier molecular flexibility index (Phi) is 4.03. The normalized spacial score (nSPS) is 10.6. The van der Waals surface area contributed by atoms with E-state index in [1.807, 2.05) is 44.2 Å². The first kappa shape index (κ1) is 13.0. The van der Waals surface area contributed by atoms with Crippen molar-refractivity contribution in [2.24, 2.45) is 5.10 Å². The van der Waals surface area contributed by atoms with E-state index in [4.69, 9.17) is 0 Å². The minimum absolute atomic E-state index is 0.227. The summed E-state index contributed by atoms with van der Waals surface area (Å²) in [4.78, 5) is 15.9. The lowest BCUT2D eigenvalue weighted by Crippen LogP contribution is -2.17. The number of amides is 1. The second-order valence-electron chi connectivity index (χ2n) is 4.25.